The molecule has 0 heterocycles. The van der Waals surface area contributed by atoms with E-state index in [0.717, 1.165) is 12.8 Å². The molecule has 0 radical (unpaired) electrons. The first kappa shape index (κ1) is 12.2. The van der Waals surface area contributed by atoms with E-state index in [2.05, 4.69) is 0 Å². The zero-order valence-electron chi connectivity index (χ0n) is 7.72. The number of alkyl halides is 1. The molecule has 0 aliphatic heterocycles. The minimum absolute atomic E-state index is 0.252. The van der Waals surface area contributed by atoms with Gasteiger partial charge in [0.05, 0.1) is 5.75 Å². The molecule has 0 rings (SSSR count). The van der Waals surface area contributed by atoms with Crippen molar-refractivity contribution in [2.24, 2.45) is 5.92 Å². The molecule has 0 aromatic rings. The maximum atomic E-state index is 11.0. The molecule has 0 aromatic heterocycles. The first-order valence-corrected chi connectivity index (χ1v) is 6.63. The second-order valence-electron chi connectivity index (χ2n) is 3.14. The van der Waals surface area contributed by atoms with Gasteiger partial charge in [0, 0.05) is 11.6 Å². The lowest BCUT2D eigenvalue weighted by Crippen LogP contribution is -2.10. The molecule has 0 aliphatic rings. The average molecular weight is 213 g/mol. The maximum Gasteiger partial charge on any atom is 0.150 e. The van der Waals surface area contributed by atoms with Crippen LogP contribution in [0, 0.1) is 5.92 Å². The lowest BCUT2D eigenvalue weighted by Gasteiger charge is -2.05. The van der Waals surface area contributed by atoms with Crippen LogP contribution in [0.5, 0.6) is 0 Å². The van der Waals surface area contributed by atoms with Crippen molar-refractivity contribution in [2.75, 3.05) is 17.4 Å². The Labute approximate surface area is 80.2 Å². The van der Waals surface area contributed by atoms with E-state index in [-0.39, 0.29) is 5.75 Å². The number of halogens is 1. The molecule has 0 aromatic carbocycles. The smallest absolute Gasteiger partial charge is 0.150 e. The molecule has 2 nitrogen and oxygen atoms in total. The van der Waals surface area contributed by atoms with Gasteiger partial charge in [-0.25, -0.2) is 8.42 Å². The van der Waals surface area contributed by atoms with Crippen LogP contribution < -0.4 is 0 Å². The molecule has 4 heteroatoms. The van der Waals surface area contributed by atoms with Crippen molar-refractivity contribution in [3.05, 3.63) is 0 Å². The zero-order valence-corrected chi connectivity index (χ0v) is 9.29. The van der Waals surface area contributed by atoms with Gasteiger partial charge in [-0.05, 0) is 18.8 Å². The predicted molar refractivity (Wildman–Crippen MR) is 53.4 cm³/mol. The quantitative estimate of drug-likeness (QED) is 0.632. The average Bonchev–Trinajstić information content (AvgIpc) is 2.04. The van der Waals surface area contributed by atoms with E-state index < -0.39 is 9.84 Å². The minimum Gasteiger partial charge on any atom is -0.229 e. The summed E-state index contributed by atoms with van der Waals surface area (Å²) in [5.74, 6) is 1.61. The van der Waals surface area contributed by atoms with Crippen molar-refractivity contribution in [3.8, 4) is 0 Å². The van der Waals surface area contributed by atoms with E-state index in [1.54, 1.807) is 6.92 Å². The van der Waals surface area contributed by atoms with Crippen LogP contribution in [0.4, 0.5) is 0 Å². The molecule has 0 saturated heterocycles. The van der Waals surface area contributed by atoms with Crippen LogP contribution in [0.15, 0.2) is 0 Å². The molecule has 0 bridgehead atoms. The van der Waals surface area contributed by atoms with Gasteiger partial charge >= 0.3 is 0 Å². The van der Waals surface area contributed by atoms with Crippen molar-refractivity contribution >= 4 is 21.4 Å². The number of sulfone groups is 1. The molecule has 12 heavy (non-hydrogen) atoms. The molecule has 0 aliphatic carbocycles. The third kappa shape index (κ3) is 5.84. The van der Waals surface area contributed by atoms with Gasteiger partial charge in [0.1, 0.15) is 9.84 Å². The maximum absolute atomic E-state index is 11.0. The van der Waals surface area contributed by atoms with Crippen LogP contribution in [0.1, 0.15) is 26.7 Å². The van der Waals surface area contributed by atoms with Crippen molar-refractivity contribution in [1.29, 1.82) is 0 Å². The third-order valence-corrected chi connectivity index (χ3v) is 4.17. The highest BCUT2D eigenvalue weighted by Crippen LogP contribution is 2.08. The summed E-state index contributed by atoms with van der Waals surface area (Å²) in [6.45, 7) is 3.71. The fourth-order valence-corrected chi connectivity index (χ4v) is 1.92. The molecule has 1 unspecified atom stereocenters. The lowest BCUT2D eigenvalue weighted by molar-refractivity contribution is 0.564. The molecule has 0 spiro atoms. The summed E-state index contributed by atoms with van der Waals surface area (Å²) >= 11 is 5.59. The van der Waals surface area contributed by atoms with E-state index in [4.69, 9.17) is 11.6 Å². The Morgan fingerprint density at radius 2 is 2.00 bits per heavy atom. The molecule has 74 valence electrons. The summed E-state index contributed by atoms with van der Waals surface area (Å²) in [4.78, 5) is 0. The Hall–Kier alpha value is 0.240. The van der Waals surface area contributed by atoms with Crippen molar-refractivity contribution in [1.82, 2.24) is 0 Å². The summed E-state index contributed by atoms with van der Waals surface area (Å²) in [6.07, 6.45) is 1.65. The Bertz CT molecular complexity index is 199. The summed E-state index contributed by atoms with van der Waals surface area (Å²) in [6, 6.07) is 0. The van der Waals surface area contributed by atoms with Gasteiger partial charge in [-0.3, -0.25) is 0 Å². The van der Waals surface area contributed by atoms with Crippen molar-refractivity contribution < 1.29 is 8.42 Å². The first-order chi connectivity index (χ1) is 5.52. The largest absolute Gasteiger partial charge is 0.229 e. The molecule has 0 amide bonds. The normalized spacial score (nSPS) is 14.6. The summed E-state index contributed by atoms with van der Waals surface area (Å²) in [5, 5.41) is 0. The Kier molecular flexibility index (Phi) is 5.93. The van der Waals surface area contributed by atoms with Gasteiger partial charge in [0.15, 0.2) is 0 Å². The lowest BCUT2D eigenvalue weighted by atomic mass is 10.1. The van der Waals surface area contributed by atoms with Crippen LogP contribution in [0.3, 0.4) is 0 Å². The van der Waals surface area contributed by atoms with E-state index in [0.29, 0.717) is 17.6 Å². The van der Waals surface area contributed by atoms with E-state index >= 15 is 0 Å². The van der Waals surface area contributed by atoms with Gasteiger partial charge in [0.25, 0.3) is 0 Å². The highest BCUT2D eigenvalue weighted by atomic mass is 35.5. The highest BCUT2D eigenvalue weighted by Gasteiger charge is 2.08. The first-order valence-electron chi connectivity index (χ1n) is 4.28. The van der Waals surface area contributed by atoms with E-state index in [9.17, 15) is 8.42 Å². The molecule has 0 fully saturated rings. The Morgan fingerprint density at radius 3 is 2.42 bits per heavy atom. The van der Waals surface area contributed by atoms with Crippen LogP contribution in [0.25, 0.3) is 0 Å². The fourth-order valence-electron chi connectivity index (χ4n) is 0.873. The zero-order chi connectivity index (χ0) is 9.61. The Balaban J connectivity index is 3.57. The fraction of sp³-hybridized carbons (Fsp3) is 1.00. The summed E-state index contributed by atoms with van der Waals surface area (Å²) < 4.78 is 22.1. The van der Waals surface area contributed by atoms with Gasteiger partial charge in [-0.2, -0.15) is 0 Å². The minimum atomic E-state index is -2.77. The van der Waals surface area contributed by atoms with Gasteiger partial charge < -0.3 is 0 Å². The van der Waals surface area contributed by atoms with Gasteiger partial charge in [-0.15, -0.1) is 11.6 Å². The standard InChI is InChI=1S/C8H17ClO2S/c1-3-12(10,11)6-4-5-8(2)7-9/h8H,3-7H2,1-2H3. The number of hydrogen-bond donors (Lipinski definition) is 0. The van der Waals surface area contributed by atoms with Crippen LogP contribution >= 0.6 is 11.6 Å². The van der Waals surface area contributed by atoms with Gasteiger partial charge in [-0.1, -0.05) is 13.8 Å². The van der Waals surface area contributed by atoms with E-state index in [1.165, 1.54) is 0 Å². The van der Waals surface area contributed by atoms with Crippen molar-refractivity contribution in [3.63, 3.8) is 0 Å². The van der Waals surface area contributed by atoms with Gasteiger partial charge in [0.2, 0.25) is 0 Å². The van der Waals surface area contributed by atoms with Crippen LogP contribution in [-0.2, 0) is 9.84 Å². The summed E-state index contributed by atoms with van der Waals surface area (Å²) in [5.41, 5.74) is 0. The number of hydrogen-bond acceptors (Lipinski definition) is 2. The highest BCUT2D eigenvalue weighted by molar-refractivity contribution is 7.91. The molecule has 0 saturated carbocycles. The number of rotatable bonds is 6. The topological polar surface area (TPSA) is 34.1 Å². The molecular formula is C8H17ClO2S. The second kappa shape index (κ2) is 5.81. The molecule has 0 N–H and O–H groups in total. The SMILES string of the molecule is CCS(=O)(=O)CCCC(C)CCl. The predicted octanol–water partition coefficient (Wildman–Crippen LogP) is 2.08. The molecule has 1 atom stereocenters. The van der Waals surface area contributed by atoms with Crippen molar-refractivity contribution in [2.45, 2.75) is 26.7 Å². The summed E-state index contributed by atoms with van der Waals surface area (Å²) in [7, 11) is -2.77. The monoisotopic (exact) mass is 212 g/mol. The van der Waals surface area contributed by atoms with E-state index in [1.807, 2.05) is 6.92 Å². The van der Waals surface area contributed by atoms with Crippen LogP contribution in [-0.4, -0.2) is 25.8 Å². The van der Waals surface area contributed by atoms with Crippen LogP contribution in [0.2, 0.25) is 0 Å². The second-order valence-corrected chi connectivity index (χ2v) is 5.92. The third-order valence-electron chi connectivity index (χ3n) is 1.86. The molecular weight excluding hydrogens is 196 g/mol. The Morgan fingerprint density at radius 1 is 1.42 bits per heavy atom.